The number of nitrogens with one attached hydrogen (secondary N) is 1. The quantitative estimate of drug-likeness (QED) is 0.779. The SMILES string of the molecule is CC.CC(C)C1CCCN(C2CCNC2)C1. The second-order valence-corrected chi connectivity index (χ2v) is 5.29. The van der Waals surface area contributed by atoms with Crippen LogP contribution in [0.3, 0.4) is 0 Å². The van der Waals surface area contributed by atoms with Crippen LogP contribution in [-0.2, 0) is 0 Å². The van der Waals surface area contributed by atoms with Crippen molar-refractivity contribution in [2.45, 2.75) is 53.0 Å². The summed E-state index contributed by atoms with van der Waals surface area (Å²) in [4.78, 5) is 2.73. The Labute approximate surface area is 102 Å². The molecule has 2 fully saturated rings. The molecule has 1 N–H and O–H groups in total. The Kier molecular flexibility index (Phi) is 6.37. The molecule has 0 aromatic carbocycles. The van der Waals surface area contributed by atoms with Crippen LogP contribution in [0.2, 0.25) is 0 Å². The van der Waals surface area contributed by atoms with E-state index in [1.807, 2.05) is 13.8 Å². The maximum atomic E-state index is 3.47. The van der Waals surface area contributed by atoms with Gasteiger partial charge in [-0.05, 0) is 44.2 Å². The van der Waals surface area contributed by atoms with Crippen molar-refractivity contribution in [3.8, 4) is 0 Å². The monoisotopic (exact) mass is 226 g/mol. The van der Waals surface area contributed by atoms with E-state index in [-0.39, 0.29) is 0 Å². The molecule has 2 saturated heterocycles. The number of nitrogens with zero attached hydrogens (tertiary/aromatic N) is 1. The molecule has 2 heterocycles. The summed E-state index contributed by atoms with van der Waals surface area (Å²) >= 11 is 0. The van der Waals surface area contributed by atoms with Crippen molar-refractivity contribution in [2.75, 3.05) is 26.2 Å². The van der Waals surface area contributed by atoms with E-state index in [2.05, 4.69) is 24.1 Å². The normalized spacial score (nSPS) is 31.3. The summed E-state index contributed by atoms with van der Waals surface area (Å²) in [5.74, 6) is 1.82. The van der Waals surface area contributed by atoms with Gasteiger partial charge in [-0.3, -0.25) is 4.90 Å². The second kappa shape index (κ2) is 7.29. The highest BCUT2D eigenvalue weighted by molar-refractivity contribution is 4.85. The lowest BCUT2D eigenvalue weighted by Gasteiger charge is -2.38. The molecular weight excluding hydrogens is 196 g/mol. The second-order valence-electron chi connectivity index (χ2n) is 5.29. The first-order valence-electron chi connectivity index (χ1n) is 7.22. The molecule has 2 rings (SSSR count). The Morgan fingerprint density at radius 2 is 1.94 bits per heavy atom. The van der Waals surface area contributed by atoms with Gasteiger partial charge in [0.15, 0.2) is 0 Å². The summed E-state index contributed by atoms with van der Waals surface area (Å²) in [6, 6.07) is 0.844. The molecule has 0 amide bonds. The van der Waals surface area contributed by atoms with E-state index in [9.17, 15) is 0 Å². The molecular formula is C14H30N2. The number of likely N-dealkylation sites (tertiary alicyclic amines) is 1. The molecule has 96 valence electrons. The van der Waals surface area contributed by atoms with Crippen molar-refractivity contribution in [2.24, 2.45) is 11.8 Å². The van der Waals surface area contributed by atoms with E-state index in [0.29, 0.717) is 0 Å². The van der Waals surface area contributed by atoms with Gasteiger partial charge < -0.3 is 5.32 Å². The zero-order chi connectivity index (χ0) is 12.0. The fourth-order valence-electron chi connectivity index (χ4n) is 2.87. The summed E-state index contributed by atoms with van der Waals surface area (Å²) in [6.45, 7) is 13.9. The third-order valence-corrected chi connectivity index (χ3v) is 3.98. The van der Waals surface area contributed by atoms with Gasteiger partial charge in [0.2, 0.25) is 0 Å². The van der Waals surface area contributed by atoms with Crippen LogP contribution in [0.1, 0.15) is 47.0 Å². The van der Waals surface area contributed by atoms with Crippen LogP contribution in [0, 0.1) is 11.8 Å². The van der Waals surface area contributed by atoms with Crippen LogP contribution in [0.15, 0.2) is 0 Å². The van der Waals surface area contributed by atoms with E-state index < -0.39 is 0 Å². The third kappa shape index (κ3) is 3.74. The van der Waals surface area contributed by atoms with Gasteiger partial charge in [-0.2, -0.15) is 0 Å². The maximum absolute atomic E-state index is 3.47. The summed E-state index contributed by atoms with van der Waals surface area (Å²) in [6.07, 6.45) is 4.23. The molecule has 0 saturated carbocycles. The van der Waals surface area contributed by atoms with Crippen molar-refractivity contribution in [1.82, 2.24) is 10.2 Å². The molecule has 2 nitrogen and oxygen atoms in total. The molecule has 2 heteroatoms. The van der Waals surface area contributed by atoms with Gasteiger partial charge in [-0.15, -0.1) is 0 Å². The van der Waals surface area contributed by atoms with E-state index in [1.54, 1.807) is 0 Å². The summed E-state index contributed by atoms with van der Waals surface area (Å²) in [7, 11) is 0. The smallest absolute Gasteiger partial charge is 0.0232 e. The standard InChI is InChI=1S/C12H24N2.C2H6/c1-10(2)11-4-3-7-14(9-11)12-5-6-13-8-12;1-2/h10-13H,3-9H2,1-2H3;1-2H3. The van der Waals surface area contributed by atoms with E-state index >= 15 is 0 Å². The van der Waals surface area contributed by atoms with E-state index in [4.69, 9.17) is 0 Å². The highest BCUT2D eigenvalue weighted by Gasteiger charge is 2.28. The molecule has 0 aromatic heterocycles. The van der Waals surface area contributed by atoms with Crippen LogP contribution in [0.25, 0.3) is 0 Å². The van der Waals surface area contributed by atoms with E-state index in [0.717, 1.165) is 17.9 Å². The molecule has 16 heavy (non-hydrogen) atoms. The summed E-state index contributed by atoms with van der Waals surface area (Å²) in [5.41, 5.74) is 0. The fraction of sp³-hybridized carbons (Fsp3) is 1.00. The molecule has 0 aromatic rings. The van der Waals surface area contributed by atoms with Crippen molar-refractivity contribution >= 4 is 0 Å². The molecule has 0 bridgehead atoms. The third-order valence-electron chi connectivity index (χ3n) is 3.98. The van der Waals surface area contributed by atoms with Crippen molar-refractivity contribution in [1.29, 1.82) is 0 Å². The van der Waals surface area contributed by atoms with Crippen molar-refractivity contribution in [3.63, 3.8) is 0 Å². The Morgan fingerprint density at radius 3 is 2.50 bits per heavy atom. The van der Waals surface area contributed by atoms with Crippen LogP contribution < -0.4 is 5.32 Å². The van der Waals surface area contributed by atoms with Crippen LogP contribution in [0.5, 0.6) is 0 Å². The molecule has 0 spiro atoms. The molecule has 2 unspecified atom stereocenters. The molecule has 0 radical (unpaired) electrons. The highest BCUT2D eigenvalue weighted by Crippen LogP contribution is 2.25. The fourth-order valence-corrected chi connectivity index (χ4v) is 2.87. The lowest BCUT2D eigenvalue weighted by molar-refractivity contribution is 0.109. The predicted octanol–water partition coefficient (Wildman–Crippen LogP) is 2.74. The topological polar surface area (TPSA) is 15.3 Å². The van der Waals surface area contributed by atoms with Gasteiger partial charge in [-0.25, -0.2) is 0 Å². The van der Waals surface area contributed by atoms with Gasteiger partial charge in [0.1, 0.15) is 0 Å². The minimum Gasteiger partial charge on any atom is -0.315 e. The highest BCUT2D eigenvalue weighted by atomic mass is 15.2. The van der Waals surface area contributed by atoms with Crippen LogP contribution in [-0.4, -0.2) is 37.1 Å². The minimum atomic E-state index is 0.844. The lowest BCUT2D eigenvalue weighted by Crippen LogP contribution is -2.44. The first-order chi connectivity index (χ1) is 7.77. The van der Waals surface area contributed by atoms with Gasteiger partial charge in [0, 0.05) is 19.1 Å². The van der Waals surface area contributed by atoms with Gasteiger partial charge >= 0.3 is 0 Å². The Morgan fingerprint density at radius 1 is 1.19 bits per heavy atom. The van der Waals surface area contributed by atoms with Crippen molar-refractivity contribution in [3.05, 3.63) is 0 Å². The predicted molar refractivity (Wildman–Crippen MR) is 71.8 cm³/mol. The number of rotatable bonds is 2. The average molecular weight is 226 g/mol. The lowest BCUT2D eigenvalue weighted by atomic mass is 9.87. The molecule has 2 aliphatic heterocycles. The first-order valence-corrected chi connectivity index (χ1v) is 7.22. The van der Waals surface area contributed by atoms with Crippen LogP contribution in [0.4, 0.5) is 0 Å². The largest absolute Gasteiger partial charge is 0.315 e. The first kappa shape index (κ1) is 14.0. The summed E-state index contributed by atoms with van der Waals surface area (Å²) < 4.78 is 0. The molecule has 0 aliphatic carbocycles. The average Bonchev–Trinajstić information content (AvgIpc) is 2.85. The van der Waals surface area contributed by atoms with Gasteiger partial charge in [0.05, 0.1) is 0 Å². The van der Waals surface area contributed by atoms with E-state index in [1.165, 1.54) is 45.4 Å². The zero-order valence-corrected chi connectivity index (χ0v) is 11.6. The zero-order valence-electron chi connectivity index (χ0n) is 11.6. The minimum absolute atomic E-state index is 0.844. The summed E-state index contributed by atoms with van der Waals surface area (Å²) in [5, 5.41) is 3.47. The number of hydrogen-bond acceptors (Lipinski definition) is 2. The molecule has 2 atom stereocenters. The van der Waals surface area contributed by atoms with Gasteiger partial charge in [-0.1, -0.05) is 27.7 Å². The van der Waals surface area contributed by atoms with Crippen LogP contribution >= 0.6 is 0 Å². The number of hydrogen-bond donors (Lipinski definition) is 1. The Balaban J connectivity index is 0.000000606. The maximum Gasteiger partial charge on any atom is 0.0232 e. The molecule has 2 aliphatic rings. The number of piperidine rings is 1. The Bertz CT molecular complexity index is 174. The van der Waals surface area contributed by atoms with Crippen molar-refractivity contribution < 1.29 is 0 Å². The van der Waals surface area contributed by atoms with Gasteiger partial charge in [0.25, 0.3) is 0 Å². The Hall–Kier alpha value is -0.0800.